The van der Waals surface area contributed by atoms with Gasteiger partial charge in [-0.1, -0.05) is 0 Å². The highest BCUT2D eigenvalue weighted by Gasteiger charge is 2.13. The third-order valence-electron chi connectivity index (χ3n) is 4.45. The zero-order chi connectivity index (χ0) is 15.7. The third-order valence-corrected chi connectivity index (χ3v) is 4.45. The Kier molecular flexibility index (Phi) is 2.02. The van der Waals surface area contributed by atoms with Crippen LogP contribution in [0.15, 0.2) is 53.3 Å². The number of benzene rings is 2. The molecule has 0 spiro atoms. The molecule has 4 heterocycles. The number of imidazole rings is 2. The van der Waals surface area contributed by atoms with Gasteiger partial charge >= 0.3 is 0 Å². The van der Waals surface area contributed by atoms with E-state index in [1.54, 1.807) is 6.33 Å². The van der Waals surface area contributed by atoms with Crippen LogP contribution in [0.1, 0.15) is 0 Å². The van der Waals surface area contributed by atoms with Gasteiger partial charge in [-0.25, -0.2) is 9.97 Å². The summed E-state index contributed by atoms with van der Waals surface area (Å²) in [6, 6.07) is 12.2. The zero-order valence-electron chi connectivity index (χ0n) is 12.4. The van der Waals surface area contributed by atoms with Gasteiger partial charge in [0.25, 0.3) is 0 Å². The summed E-state index contributed by atoms with van der Waals surface area (Å²) < 4.78 is 6.00. The maximum atomic E-state index is 6.00. The molecule has 0 aliphatic carbocycles. The SMILES string of the molecule is c1cc2cc3cc(-c4nc5cc6[nH]cnc6cc5[nH]4)oc3cc2[nH]1. The Balaban J connectivity index is 1.58. The monoisotopic (exact) mass is 313 g/mol. The summed E-state index contributed by atoms with van der Waals surface area (Å²) >= 11 is 0. The number of H-pyrrole nitrogens is 3. The number of hydrogen-bond acceptors (Lipinski definition) is 3. The normalized spacial score (nSPS) is 12.2. The van der Waals surface area contributed by atoms with Gasteiger partial charge in [-0.15, -0.1) is 0 Å². The van der Waals surface area contributed by atoms with Crippen LogP contribution in [0.25, 0.3) is 55.5 Å². The van der Waals surface area contributed by atoms with Crippen molar-refractivity contribution in [1.29, 1.82) is 0 Å². The Hall–Kier alpha value is -3.54. The summed E-state index contributed by atoms with van der Waals surface area (Å²) in [6.45, 7) is 0. The van der Waals surface area contributed by atoms with Gasteiger partial charge in [-0.3, -0.25) is 0 Å². The molecule has 0 saturated carbocycles. The smallest absolute Gasteiger partial charge is 0.174 e. The van der Waals surface area contributed by atoms with Gasteiger partial charge in [0.05, 0.1) is 28.4 Å². The van der Waals surface area contributed by atoms with Crippen molar-refractivity contribution in [3.8, 4) is 11.6 Å². The van der Waals surface area contributed by atoms with E-state index in [9.17, 15) is 0 Å². The highest BCUT2D eigenvalue weighted by molar-refractivity contribution is 5.96. The van der Waals surface area contributed by atoms with Crippen molar-refractivity contribution in [3.63, 3.8) is 0 Å². The second-order valence-electron chi connectivity index (χ2n) is 5.94. The minimum atomic E-state index is 0.720. The third kappa shape index (κ3) is 1.54. The lowest BCUT2D eigenvalue weighted by Gasteiger charge is -1.90. The molecule has 0 saturated heterocycles. The van der Waals surface area contributed by atoms with E-state index in [2.05, 4.69) is 37.1 Å². The molecule has 24 heavy (non-hydrogen) atoms. The van der Waals surface area contributed by atoms with Crippen molar-refractivity contribution < 1.29 is 4.42 Å². The molecular weight excluding hydrogens is 302 g/mol. The average Bonchev–Trinajstić information content (AvgIpc) is 3.33. The van der Waals surface area contributed by atoms with Gasteiger partial charge in [0.1, 0.15) is 5.58 Å². The maximum absolute atomic E-state index is 6.00. The fraction of sp³-hybridized carbons (Fsp3) is 0. The number of aromatic amines is 3. The maximum Gasteiger partial charge on any atom is 0.174 e. The van der Waals surface area contributed by atoms with Crippen molar-refractivity contribution >= 4 is 43.9 Å². The molecule has 0 aliphatic heterocycles. The van der Waals surface area contributed by atoms with Crippen LogP contribution < -0.4 is 0 Å². The number of nitrogens with zero attached hydrogens (tertiary/aromatic N) is 2. The molecule has 0 aliphatic rings. The Bertz CT molecular complexity index is 1160. The fourth-order valence-corrected chi connectivity index (χ4v) is 3.26. The summed E-state index contributed by atoms with van der Waals surface area (Å²) in [5.74, 6) is 1.45. The Labute approximate surface area is 134 Å². The van der Waals surface area contributed by atoms with Crippen LogP contribution in [0.4, 0.5) is 0 Å². The lowest BCUT2D eigenvalue weighted by molar-refractivity contribution is 0.627. The number of nitrogens with one attached hydrogen (secondary N) is 3. The minimum Gasteiger partial charge on any atom is -0.453 e. The Morgan fingerprint density at radius 2 is 1.79 bits per heavy atom. The quantitative estimate of drug-likeness (QED) is 0.422. The van der Waals surface area contributed by atoms with E-state index in [1.807, 2.05) is 30.5 Å². The molecule has 4 aromatic heterocycles. The molecule has 6 nitrogen and oxygen atoms in total. The van der Waals surface area contributed by atoms with Crippen molar-refractivity contribution in [2.45, 2.75) is 0 Å². The summed E-state index contributed by atoms with van der Waals surface area (Å²) in [7, 11) is 0. The first kappa shape index (κ1) is 12.0. The molecule has 0 unspecified atom stereocenters. The number of rotatable bonds is 1. The van der Waals surface area contributed by atoms with Crippen LogP contribution >= 0.6 is 0 Å². The van der Waals surface area contributed by atoms with Crippen LogP contribution in [-0.2, 0) is 0 Å². The van der Waals surface area contributed by atoms with Crippen LogP contribution in [0.3, 0.4) is 0 Å². The topological polar surface area (TPSA) is 86.3 Å². The summed E-state index contributed by atoms with van der Waals surface area (Å²) in [6.07, 6.45) is 3.62. The van der Waals surface area contributed by atoms with E-state index in [1.165, 1.54) is 5.39 Å². The van der Waals surface area contributed by atoms with E-state index in [4.69, 9.17) is 4.42 Å². The van der Waals surface area contributed by atoms with Gasteiger partial charge in [0.15, 0.2) is 11.6 Å². The van der Waals surface area contributed by atoms with Crippen molar-refractivity contribution in [2.75, 3.05) is 0 Å². The van der Waals surface area contributed by atoms with Gasteiger partial charge < -0.3 is 19.4 Å². The highest BCUT2D eigenvalue weighted by atomic mass is 16.3. The minimum absolute atomic E-state index is 0.720. The molecule has 2 aromatic carbocycles. The molecule has 0 radical (unpaired) electrons. The molecule has 0 amide bonds. The average molecular weight is 313 g/mol. The summed E-state index contributed by atoms with van der Waals surface area (Å²) in [4.78, 5) is 18.6. The van der Waals surface area contributed by atoms with Crippen molar-refractivity contribution in [3.05, 3.63) is 48.9 Å². The number of aromatic nitrogens is 5. The van der Waals surface area contributed by atoms with E-state index >= 15 is 0 Å². The van der Waals surface area contributed by atoms with E-state index in [-0.39, 0.29) is 0 Å². The Morgan fingerprint density at radius 3 is 2.79 bits per heavy atom. The molecule has 6 aromatic rings. The summed E-state index contributed by atoms with van der Waals surface area (Å²) in [5.41, 5.74) is 5.62. The Morgan fingerprint density at radius 1 is 0.833 bits per heavy atom. The molecule has 0 bridgehead atoms. The first-order valence-electron chi connectivity index (χ1n) is 7.67. The largest absolute Gasteiger partial charge is 0.453 e. The van der Waals surface area contributed by atoms with E-state index < -0.39 is 0 Å². The van der Waals surface area contributed by atoms with Gasteiger partial charge in [0, 0.05) is 28.6 Å². The molecule has 0 fully saturated rings. The highest BCUT2D eigenvalue weighted by Crippen LogP contribution is 2.31. The predicted octanol–water partition coefficient (Wildman–Crippen LogP) is 4.33. The van der Waals surface area contributed by atoms with Crippen LogP contribution in [0.2, 0.25) is 0 Å². The fourth-order valence-electron chi connectivity index (χ4n) is 3.26. The molecule has 6 heteroatoms. The molecular formula is C18H11N5O. The van der Waals surface area contributed by atoms with E-state index in [0.717, 1.165) is 50.1 Å². The first-order chi connectivity index (χ1) is 11.8. The van der Waals surface area contributed by atoms with Crippen LogP contribution in [0.5, 0.6) is 0 Å². The van der Waals surface area contributed by atoms with Gasteiger partial charge in [-0.2, -0.15) is 0 Å². The lowest BCUT2D eigenvalue weighted by atomic mass is 10.2. The van der Waals surface area contributed by atoms with Crippen molar-refractivity contribution in [2.24, 2.45) is 0 Å². The number of fused-ring (bicyclic) bond motifs is 4. The molecule has 6 rings (SSSR count). The second kappa shape index (κ2) is 4.05. The van der Waals surface area contributed by atoms with E-state index in [0.29, 0.717) is 0 Å². The van der Waals surface area contributed by atoms with Crippen LogP contribution in [0, 0.1) is 0 Å². The zero-order valence-corrected chi connectivity index (χ0v) is 12.4. The first-order valence-corrected chi connectivity index (χ1v) is 7.67. The predicted molar refractivity (Wildman–Crippen MR) is 92.8 cm³/mol. The summed E-state index contributed by atoms with van der Waals surface area (Å²) in [5, 5.41) is 2.23. The van der Waals surface area contributed by atoms with Crippen LogP contribution in [-0.4, -0.2) is 24.9 Å². The lowest BCUT2D eigenvalue weighted by Crippen LogP contribution is -1.74. The molecule has 3 N–H and O–H groups in total. The van der Waals surface area contributed by atoms with Crippen molar-refractivity contribution in [1.82, 2.24) is 24.9 Å². The molecule has 0 atom stereocenters. The standard InChI is InChI=1S/C18H11N5O/c1-2-19-11-7-16-10(3-9(1)11)4-17(24-16)18-22-14-5-12-13(21-8-20-12)6-15(14)23-18/h1-8,19H,(H,20,21)(H,22,23). The molecule has 114 valence electrons. The number of furan rings is 1. The number of hydrogen-bond donors (Lipinski definition) is 3. The second-order valence-corrected chi connectivity index (χ2v) is 5.94. The van der Waals surface area contributed by atoms with Gasteiger partial charge in [0.2, 0.25) is 0 Å². The van der Waals surface area contributed by atoms with Gasteiger partial charge in [-0.05, 0) is 30.3 Å².